The molecule has 3 aromatic rings. The molecule has 1 aromatic carbocycles. The van der Waals surface area contributed by atoms with Crippen LogP contribution in [-0.4, -0.2) is 15.0 Å². The van der Waals surface area contributed by atoms with Crippen LogP contribution in [0.5, 0.6) is 0 Å². The molecule has 0 saturated carbocycles. The highest BCUT2D eigenvalue weighted by Crippen LogP contribution is 2.27. The molecule has 6 heteroatoms. The predicted molar refractivity (Wildman–Crippen MR) is 67.9 cm³/mol. The van der Waals surface area contributed by atoms with Crippen LogP contribution in [-0.2, 0) is 6.54 Å². The van der Waals surface area contributed by atoms with Gasteiger partial charge in [0.15, 0.2) is 0 Å². The Hall–Kier alpha value is -1.92. The second kappa shape index (κ2) is 3.83. The number of fused-ring (bicyclic) bond motifs is 1. The first-order valence-corrected chi connectivity index (χ1v) is 5.95. The van der Waals surface area contributed by atoms with Gasteiger partial charge in [-0.25, -0.2) is 9.78 Å². The topological polar surface area (TPSA) is 87.6 Å². The number of rotatable bonds is 2. The minimum Gasteiger partial charge on any atom is -0.325 e. The zero-order valence-electron chi connectivity index (χ0n) is 8.86. The van der Waals surface area contributed by atoms with E-state index in [1.54, 1.807) is 17.5 Å². The van der Waals surface area contributed by atoms with Crippen molar-refractivity contribution in [3.63, 3.8) is 0 Å². The summed E-state index contributed by atoms with van der Waals surface area (Å²) in [6.45, 7) is 0.452. The summed E-state index contributed by atoms with van der Waals surface area (Å²) in [5, 5.41) is 0.905. The Balaban J connectivity index is 2.13. The van der Waals surface area contributed by atoms with Crippen LogP contribution >= 0.6 is 11.3 Å². The lowest BCUT2D eigenvalue weighted by atomic mass is 10.2. The molecule has 0 fully saturated rings. The molecule has 0 unspecified atom stereocenters. The quantitative estimate of drug-likeness (QED) is 0.639. The van der Waals surface area contributed by atoms with Gasteiger partial charge >= 0.3 is 5.69 Å². The summed E-state index contributed by atoms with van der Waals surface area (Å²) in [4.78, 5) is 21.9. The molecule has 0 atom stereocenters. The van der Waals surface area contributed by atoms with Gasteiger partial charge in [0.25, 0.3) is 0 Å². The van der Waals surface area contributed by atoms with Gasteiger partial charge in [0, 0.05) is 12.7 Å². The van der Waals surface area contributed by atoms with Gasteiger partial charge < -0.3 is 15.7 Å². The number of nitrogens with two attached hydrogens (primary N) is 1. The Kier molecular flexibility index (Phi) is 2.31. The molecule has 2 aromatic heterocycles. The maximum absolute atomic E-state index is 11.1. The lowest BCUT2D eigenvalue weighted by molar-refractivity contribution is 1.04. The maximum atomic E-state index is 11.1. The van der Waals surface area contributed by atoms with Crippen molar-refractivity contribution >= 4 is 22.4 Å². The van der Waals surface area contributed by atoms with Gasteiger partial charge in [-0.3, -0.25) is 0 Å². The molecular formula is C11H10N4OS. The van der Waals surface area contributed by atoms with Crippen molar-refractivity contribution in [3.05, 3.63) is 39.9 Å². The van der Waals surface area contributed by atoms with Gasteiger partial charge in [-0.05, 0) is 17.7 Å². The highest BCUT2D eigenvalue weighted by Gasteiger charge is 2.05. The summed E-state index contributed by atoms with van der Waals surface area (Å²) >= 11 is 1.56. The Labute approximate surface area is 100 Å². The minimum absolute atomic E-state index is 0.191. The number of aromatic amines is 2. The van der Waals surface area contributed by atoms with Gasteiger partial charge in [-0.15, -0.1) is 11.3 Å². The molecule has 0 aliphatic carbocycles. The molecular weight excluding hydrogens is 236 g/mol. The Morgan fingerprint density at radius 3 is 2.88 bits per heavy atom. The number of imidazole rings is 1. The number of H-pyrrole nitrogens is 2. The monoisotopic (exact) mass is 246 g/mol. The molecule has 5 nitrogen and oxygen atoms in total. The number of nitrogens with zero attached hydrogens (tertiary/aromatic N) is 1. The average molecular weight is 246 g/mol. The van der Waals surface area contributed by atoms with E-state index in [2.05, 4.69) is 15.0 Å². The molecule has 0 aliphatic heterocycles. The van der Waals surface area contributed by atoms with E-state index in [4.69, 9.17) is 5.73 Å². The van der Waals surface area contributed by atoms with Crippen molar-refractivity contribution in [1.82, 2.24) is 15.0 Å². The second-order valence-electron chi connectivity index (χ2n) is 3.66. The van der Waals surface area contributed by atoms with Gasteiger partial charge in [0.2, 0.25) is 0 Å². The number of benzene rings is 1. The van der Waals surface area contributed by atoms with Crippen molar-refractivity contribution in [3.8, 4) is 10.4 Å². The Morgan fingerprint density at radius 2 is 2.12 bits per heavy atom. The first-order valence-electron chi connectivity index (χ1n) is 5.13. The van der Waals surface area contributed by atoms with Crippen LogP contribution in [0.15, 0.2) is 29.2 Å². The van der Waals surface area contributed by atoms with Crippen molar-refractivity contribution in [2.45, 2.75) is 6.54 Å². The normalized spacial score (nSPS) is 11.1. The van der Waals surface area contributed by atoms with Crippen molar-refractivity contribution in [1.29, 1.82) is 0 Å². The Bertz CT molecular complexity index is 724. The van der Waals surface area contributed by atoms with E-state index in [9.17, 15) is 4.79 Å². The highest BCUT2D eigenvalue weighted by molar-refractivity contribution is 7.15. The van der Waals surface area contributed by atoms with Crippen LogP contribution < -0.4 is 11.4 Å². The first kappa shape index (κ1) is 10.2. The molecule has 0 aliphatic rings. The molecule has 4 N–H and O–H groups in total. The van der Waals surface area contributed by atoms with Crippen LogP contribution in [0.1, 0.15) is 5.01 Å². The summed E-state index contributed by atoms with van der Waals surface area (Å²) in [6, 6.07) is 5.77. The SMILES string of the molecule is NCc1ncc(-c2ccc3[nH]c(=O)[nH]c3c2)s1. The zero-order chi connectivity index (χ0) is 11.8. The number of hydrogen-bond donors (Lipinski definition) is 3. The van der Waals surface area contributed by atoms with Crippen LogP contribution in [0.2, 0.25) is 0 Å². The van der Waals surface area contributed by atoms with Crippen LogP contribution in [0.25, 0.3) is 21.5 Å². The zero-order valence-corrected chi connectivity index (χ0v) is 9.67. The number of aromatic nitrogens is 3. The van der Waals surface area contributed by atoms with Crippen molar-refractivity contribution < 1.29 is 0 Å². The predicted octanol–water partition coefficient (Wildman–Crippen LogP) is 1.44. The molecule has 17 heavy (non-hydrogen) atoms. The number of thiazole rings is 1. The van der Waals surface area contributed by atoms with Crippen molar-refractivity contribution in [2.24, 2.45) is 5.73 Å². The van der Waals surface area contributed by atoms with E-state index in [1.807, 2.05) is 18.2 Å². The smallest absolute Gasteiger partial charge is 0.323 e. The van der Waals surface area contributed by atoms with Crippen molar-refractivity contribution in [2.75, 3.05) is 0 Å². The first-order chi connectivity index (χ1) is 8.26. The number of nitrogens with one attached hydrogen (secondary N) is 2. The van der Waals surface area contributed by atoms with E-state index in [1.165, 1.54) is 0 Å². The van der Waals surface area contributed by atoms with Gasteiger partial charge in [-0.1, -0.05) is 6.07 Å². The van der Waals surface area contributed by atoms with Gasteiger partial charge in [0.1, 0.15) is 5.01 Å². The third-order valence-corrected chi connectivity index (χ3v) is 3.60. The fraction of sp³-hybridized carbons (Fsp3) is 0.0909. The third kappa shape index (κ3) is 1.77. The fourth-order valence-electron chi connectivity index (χ4n) is 1.72. The summed E-state index contributed by atoms with van der Waals surface area (Å²) in [7, 11) is 0. The summed E-state index contributed by atoms with van der Waals surface area (Å²) in [5.74, 6) is 0. The molecule has 0 amide bonds. The standard InChI is InChI=1S/C11H10N4OS/c12-4-10-13-5-9(17-10)6-1-2-7-8(3-6)15-11(16)14-7/h1-3,5H,4,12H2,(H2,14,15,16). The van der Waals surface area contributed by atoms with E-state index in [-0.39, 0.29) is 5.69 Å². The van der Waals surface area contributed by atoms with Gasteiger partial charge in [-0.2, -0.15) is 0 Å². The summed E-state index contributed by atoms with van der Waals surface area (Å²) < 4.78 is 0. The van der Waals surface area contributed by atoms with E-state index >= 15 is 0 Å². The molecule has 0 spiro atoms. The molecule has 0 radical (unpaired) electrons. The molecule has 0 saturated heterocycles. The maximum Gasteiger partial charge on any atom is 0.323 e. The lowest BCUT2D eigenvalue weighted by Crippen LogP contribution is -1.99. The third-order valence-electron chi connectivity index (χ3n) is 2.53. The van der Waals surface area contributed by atoms with Gasteiger partial charge in [0.05, 0.1) is 15.9 Å². The van der Waals surface area contributed by atoms with Crippen LogP contribution in [0, 0.1) is 0 Å². The minimum atomic E-state index is -0.191. The largest absolute Gasteiger partial charge is 0.325 e. The van der Waals surface area contributed by atoms with Crippen LogP contribution in [0.3, 0.4) is 0 Å². The summed E-state index contributed by atoms with van der Waals surface area (Å²) in [6.07, 6.45) is 1.80. The van der Waals surface area contributed by atoms with E-state index < -0.39 is 0 Å². The van der Waals surface area contributed by atoms with E-state index in [0.29, 0.717) is 6.54 Å². The second-order valence-corrected chi connectivity index (χ2v) is 4.78. The number of hydrogen-bond acceptors (Lipinski definition) is 4. The van der Waals surface area contributed by atoms with Crippen LogP contribution in [0.4, 0.5) is 0 Å². The van der Waals surface area contributed by atoms with E-state index in [0.717, 1.165) is 26.5 Å². The average Bonchev–Trinajstić information content (AvgIpc) is 2.92. The fourth-order valence-corrected chi connectivity index (χ4v) is 2.52. The molecule has 0 bridgehead atoms. The highest BCUT2D eigenvalue weighted by atomic mass is 32.1. The summed E-state index contributed by atoms with van der Waals surface area (Å²) in [5.41, 5.74) is 7.98. The molecule has 3 rings (SSSR count). The Morgan fingerprint density at radius 1 is 1.29 bits per heavy atom. The lowest BCUT2D eigenvalue weighted by Gasteiger charge is -1.96. The molecule has 86 valence electrons. The molecule has 2 heterocycles.